The molecule has 0 spiro atoms. The molecule has 1 aliphatic heterocycles. The second-order valence-electron chi connectivity index (χ2n) is 5.60. The lowest BCUT2D eigenvalue weighted by molar-refractivity contribution is -0.123. The summed E-state index contributed by atoms with van der Waals surface area (Å²) < 4.78 is 5.40. The van der Waals surface area contributed by atoms with Crippen molar-refractivity contribution in [2.45, 2.75) is 25.8 Å². The lowest BCUT2D eigenvalue weighted by Crippen LogP contribution is -2.28. The van der Waals surface area contributed by atoms with Crippen LogP contribution >= 0.6 is 0 Å². The standard InChI is InChI=1S/C17H20N2O2/c20-17(9-13-4-3-7-21-12-13)19-11-14-8-15-5-1-2-6-16(15)18-10-14/h1-2,5-6,8,10,13H,3-4,7,9,11-12H2,(H,19,20)/t13-/m1/s1. The van der Waals surface area contributed by atoms with E-state index in [1.54, 1.807) is 0 Å². The highest BCUT2D eigenvalue weighted by atomic mass is 16.5. The number of amides is 1. The van der Waals surface area contributed by atoms with Crippen molar-refractivity contribution in [3.8, 4) is 0 Å². The van der Waals surface area contributed by atoms with Gasteiger partial charge in [-0.1, -0.05) is 18.2 Å². The maximum atomic E-state index is 12.0. The molecule has 1 amide bonds. The molecule has 1 saturated heterocycles. The molecule has 4 nitrogen and oxygen atoms in total. The van der Waals surface area contributed by atoms with Gasteiger partial charge >= 0.3 is 0 Å². The van der Waals surface area contributed by atoms with Crippen LogP contribution in [-0.4, -0.2) is 24.1 Å². The summed E-state index contributed by atoms with van der Waals surface area (Å²) in [6.07, 6.45) is 4.53. The number of carbonyl (C=O) groups is 1. The summed E-state index contributed by atoms with van der Waals surface area (Å²) in [5, 5.41) is 4.08. The Labute approximate surface area is 124 Å². The van der Waals surface area contributed by atoms with Crippen molar-refractivity contribution in [1.82, 2.24) is 10.3 Å². The van der Waals surface area contributed by atoms with Gasteiger partial charge in [-0.3, -0.25) is 9.78 Å². The van der Waals surface area contributed by atoms with Crippen LogP contribution in [0.3, 0.4) is 0 Å². The third-order valence-corrected chi connectivity index (χ3v) is 3.87. The van der Waals surface area contributed by atoms with E-state index in [2.05, 4.69) is 16.4 Å². The van der Waals surface area contributed by atoms with E-state index in [1.165, 1.54) is 0 Å². The van der Waals surface area contributed by atoms with Crippen LogP contribution in [0, 0.1) is 5.92 Å². The van der Waals surface area contributed by atoms with Gasteiger partial charge in [-0.05, 0) is 36.5 Å². The molecule has 0 aliphatic carbocycles. The number of nitrogens with one attached hydrogen (secondary N) is 1. The monoisotopic (exact) mass is 284 g/mol. The third-order valence-electron chi connectivity index (χ3n) is 3.87. The zero-order valence-electron chi connectivity index (χ0n) is 12.0. The van der Waals surface area contributed by atoms with E-state index in [1.807, 2.05) is 30.5 Å². The number of para-hydroxylation sites is 1. The van der Waals surface area contributed by atoms with E-state index in [9.17, 15) is 4.79 Å². The molecule has 1 N–H and O–H groups in total. The Morgan fingerprint density at radius 2 is 2.29 bits per heavy atom. The Kier molecular flexibility index (Phi) is 4.46. The molecule has 1 atom stereocenters. The van der Waals surface area contributed by atoms with Crippen LogP contribution < -0.4 is 5.32 Å². The summed E-state index contributed by atoms with van der Waals surface area (Å²) in [7, 11) is 0. The normalized spacial score (nSPS) is 18.6. The minimum Gasteiger partial charge on any atom is -0.381 e. The number of rotatable bonds is 4. The summed E-state index contributed by atoms with van der Waals surface area (Å²) in [6, 6.07) is 10.1. The molecule has 2 heterocycles. The van der Waals surface area contributed by atoms with Crippen LogP contribution in [0.15, 0.2) is 36.5 Å². The van der Waals surface area contributed by atoms with Gasteiger partial charge in [-0.15, -0.1) is 0 Å². The van der Waals surface area contributed by atoms with Crippen molar-refractivity contribution in [3.63, 3.8) is 0 Å². The van der Waals surface area contributed by atoms with Gasteiger partial charge in [0.1, 0.15) is 0 Å². The van der Waals surface area contributed by atoms with Crippen molar-refractivity contribution in [1.29, 1.82) is 0 Å². The zero-order valence-corrected chi connectivity index (χ0v) is 12.0. The van der Waals surface area contributed by atoms with Crippen molar-refractivity contribution < 1.29 is 9.53 Å². The predicted octanol–water partition coefficient (Wildman–Crippen LogP) is 2.67. The number of fused-ring (bicyclic) bond motifs is 1. The highest BCUT2D eigenvalue weighted by Gasteiger charge is 2.17. The smallest absolute Gasteiger partial charge is 0.220 e. The molecule has 2 aromatic rings. The molecule has 1 fully saturated rings. The second kappa shape index (κ2) is 6.68. The SMILES string of the molecule is O=C(C[C@H]1CCCOC1)NCc1cnc2ccccc2c1. The lowest BCUT2D eigenvalue weighted by atomic mass is 9.98. The van der Waals surface area contributed by atoms with Crippen molar-refractivity contribution in [3.05, 3.63) is 42.1 Å². The van der Waals surface area contributed by atoms with Crippen molar-refractivity contribution >= 4 is 16.8 Å². The first kappa shape index (κ1) is 14.0. The summed E-state index contributed by atoms with van der Waals surface area (Å²) in [5.41, 5.74) is 2.01. The van der Waals surface area contributed by atoms with E-state index in [-0.39, 0.29) is 5.91 Å². The minimum atomic E-state index is 0.0960. The van der Waals surface area contributed by atoms with Gasteiger partial charge in [0.05, 0.1) is 5.52 Å². The van der Waals surface area contributed by atoms with Gasteiger partial charge in [-0.25, -0.2) is 0 Å². The zero-order chi connectivity index (χ0) is 14.5. The van der Waals surface area contributed by atoms with Crippen LogP contribution in [0.4, 0.5) is 0 Å². The fourth-order valence-corrected chi connectivity index (χ4v) is 2.72. The van der Waals surface area contributed by atoms with E-state index < -0.39 is 0 Å². The van der Waals surface area contributed by atoms with Gasteiger partial charge < -0.3 is 10.1 Å². The lowest BCUT2D eigenvalue weighted by Gasteiger charge is -2.21. The quantitative estimate of drug-likeness (QED) is 0.939. The third kappa shape index (κ3) is 3.79. The maximum Gasteiger partial charge on any atom is 0.220 e. The molecular weight excluding hydrogens is 264 g/mol. The Morgan fingerprint density at radius 3 is 3.14 bits per heavy atom. The first-order chi connectivity index (χ1) is 10.3. The fraction of sp³-hybridized carbons (Fsp3) is 0.412. The van der Waals surface area contributed by atoms with Crippen LogP contribution in [0.2, 0.25) is 0 Å². The van der Waals surface area contributed by atoms with Gasteiger partial charge in [0.2, 0.25) is 5.91 Å². The molecule has 4 heteroatoms. The van der Waals surface area contributed by atoms with E-state index in [0.717, 1.165) is 35.9 Å². The Hall–Kier alpha value is -1.94. The molecule has 0 bridgehead atoms. The predicted molar refractivity (Wildman–Crippen MR) is 81.7 cm³/mol. The summed E-state index contributed by atoms with van der Waals surface area (Å²) in [4.78, 5) is 16.4. The molecule has 0 saturated carbocycles. The summed E-state index contributed by atoms with van der Waals surface area (Å²) in [5.74, 6) is 0.465. The van der Waals surface area contributed by atoms with E-state index in [0.29, 0.717) is 25.5 Å². The molecule has 1 aromatic heterocycles. The largest absolute Gasteiger partial charge is 0.381 e. The Morgan fingerprint density at radius 1 is 1.38 bits per heavy atom. The first-order valence-electron chi connectivity index (χ1n) is 7.49. The Bertz CT molecular complexity index is 621. The highest BCUT2D eigenvalue weighted by molar-refractivity contribution is 5.79. The molecule has 3 rings (SSSR count). The average Bonchev–Trinajstić information content (AvgIpc) is 2.54. The number of aromatic nitrogens is 1. The molecule has 1 aromatic carbocycles. The molecule has 0 unspecified atom stereocenters. The highest BCUT2D eigenvalue weighted by Crippen LogP contribution is 2.17. The van der Waals surface area contributed by atoms with Crippen LogP contribution in [0.1, 0.15) is 24.8 Å². The van der Waals surface area contributed by atoms with Gasteiger partial charge in [0, 0.05) is 37.8 Å². The summed E-state index contributed by atoms with van der Waals surface area (Å²) in [6.45, 7) is 2.08. The molecule has 110 valence electrons. The molecule has 21 heavy (non-hydrogen) atoms. The number of nitrogens with zero attached hydrogens (tertiary/aromatic N) is 1. The number of carbonyl (C=O) groups excluding carboxylic acids is 1. The second-order valence-corrected chi connectivity index (χ2v) is 5.60. The number of hydrogen-bond donors (Lipinski definition) is 1. The van der Waals surface area contributed by atoms with Gasteiger partial charge in [0.25, 0.3) is 0 Å². The number of hydrogen-bond acceptors (Lipinski definition) is 3. The Balaban J connectivity index is 1.54. The first-order valence-corrected chi connectivity index (χ1v) is 7.49. The number of ether oxygens (including phenoxy) is 1. The van der Waals surface area contributed by atoms with Gasteiger partial charge in [0.15, 0.2) is 0 Å². The van der Waals surface area contributed by atoms with Gasteiger partial charge in [-0.2, -0.15) is 0 Å². The number of benzene rings is 1. The topological polar surface area (TPSA) is 51.2 Å². The summed E-state index contributed by atoms with van der Waals surface area (Å²) >= 11 is 0. The van der Waals surface area contributed by atoms with Crippen LogP contribution in [-0.2, 0) is 16.1 Å². The fourth-order valence-electron chi connectivity index (χ4n) is 2.72. The van der Waals surface area contributed by atoms with E-state index in [4.69, 9.17) is 4.74 Å². The average molecular weight is 284 g/mol. The molecule has 0 radical (unpaired) electrons. The number of pyridine rings is 1. The molecular formula is C17H20N2O2. The maximum absolute atomic E-state index is 12.0. The van der Waals surface area contributed by atoms with Crippen molar-refractivity contribution in [2.75, 3.05) is 13.2 Å². The van der Waals surface area contributed by atoms with Crippen LogP contribution in [0.5, 0.6) is 0 Å². The van der Waals surface area contributed by atoms with E-state index >= 15 is 0 Å². The van der Waals surface area contributed by atoms with Crippen molar-refractivity contribution in [2.24, 2.45) is 5.92 Å². The van der Waals surface area contributed by atoms with Crippen LogP contribution in [0.25, 0.3) is 10.9 Å². The minimum absolute atomic E-state index is 0.0960. The molecule has 1 aliphatic rings.